The summed E-state index contributed by atoms with van der Waals surface area (Å²) in [6.07, 6.45) is 17.8. The molecule has 0 aliphatic heterocycles. The van der Waals surface area contributed by atoms with Crippen molar-refractivity contribution in [3.8, 4) is 0 Å². The Morgan fingerprint density at radius 3 is 1.79 bits per heavy atom. The van der Waals surface area contributed by atoms with Gasteiger partial charge in [-0.3, -0.25) is 0 Å². The summed E-state index contributed by atoms with van der Waals surface area (Å²) in [6.45, 7) is 2.35. The van der Waals surface area contributed by atoms with Crippen LogP contribution in [0.2, 0.25) is 0 Å². The Bertz CT molecular complexity index is 479. The van der Waals surface area contributed by atoms with Crippen LogP contribution in [0.25, 0.3) is 0 Å². The van der Waals surface area contributed by atoms with Gasteiger partial charge in [-0.25, -0.2) is 0 Å². The van der Waals surface area contributed by atoms with E-state index in [1.807, 2.05) is 0 Å². The van der Waals surface area contributed by atoms with E-state index in [9.17, 15) is 0 Å². The number of hydrogen-bond donors (Lipinski definition) is 0. The first-order chi connectivity index (χ1) is 11.8. The van der Waals surface area contributed by atoms with Crippen molar-refractivity contribution in [2.45, 2.75) is 89.9 Å². The molecule has 0 nitrogen and oxygen atoms in total. The summed E-state index contributed by atoms with van der Waals surface area (Å²) in [5.41, 5.74) is 1.62. The van der Waals surface area contributed by atoms with E-state index < -0.39 is 0 Å². The second kappa shape index (κ2) is 9.59. The highest BCUT2D eigenvalue weighted by molar-refractivity contribution is 14.1. The molecule has 0 saturated heterocycles. The molecule has 0 radical (unpaired) electrons. The molecule has 0 N–H and O–H groups in total. The normalized spacial score (nSPS) is 31.1. The summed E-state index contributed by atoms with van der Waals surface area (Å²) in [4.78, 5) is 0. The smallest absolute Gasteiger partial charge is 0.0165 e. The Hall–Kier alpha value is -0.0500. The molecule has 0 aromatic heterocycles. The van der Waals surface area contributed by atoms with Crippen molar-refractivity contribution in [2.24, 2.45) is 17.8 Å². The largest absolute Gasteiger partial charge is 0.0654 e. The van der Waals surface area contributed by atoms with E-state index in [1.165, 1.54) is 80.6 Å². The van der Waals surface area contributed by atoms with Gasteiger partial charge in [0.1, 0.15) is 0 Å². The van der Waals surface area contributed by atoms with E-state index in [1.54, 1.807) is 5.56 Å². The average molecular weight is 438 g/mol. The van der Waals surface area contributed by atoms with Crippen LogP contribution in [-0.2, 0) is 0 Å². The Morgan fingerprint density at radius 2 is 1.25 bits per heavy atom. The zero-order valence-electron chi connectivity index (χ0n) is 15.5. The summed E-state index contributed by atoms with van der Waals surface area (Å²) >= 11 is 2.52. The molecular formula is C23H35I. The third-order valence-electron chi connectivity index (χ3n) is 6.84. The second-order valence-electron chi connectivity index (χ2n) is 8.49. The van der Waals surface area contributed by atoms with E-state index in [0.29, 0.717) is 0 Å². The van der Waals surface area contributed by atoms with Crippen LogP contribution >= 0.6 is 22.6 Å². The van der Waals surface area contributed by atoms with Gasteiger partial charge in [-0.05, 0) is 83.6 Å². The van der Waals surface area contributed by atoms with E-state index in [4.69, 9.17) is 0 Å². The average Bonchev–Trinajstić information content (AvgIpc) is 2.62. The Kier molecular flexibility index (Phi) is 7.49. The van der Waals surface area contributed by atoms with Gasteiger partial charge in [-0.15, -0.1) is 0 Å². The van der Waals surface area contributed by atoms with Gasteiger partial charge in [0, 0.05) is 3.57 Å². The van der Waals surface area contributed by atoms with Gasteiger partial charge in [0.25, 0.3) is 0 Å². The van der Waals surface area contributed by atoms with Crippen molar-refractivity contribution in [1.29, 1.82) is 0 Å². The number of benzene rings is 1. The molecule has 0 heterocycles. The van der Waals surface area contributed by atoms with Crippen LogP contribution in [0.3, 0.4) is 0 Å². The maximum absolute atomic E-state index is 2.52. The van der Waals surface area contributed by atoms with Crippen LogP contribution in [0.5, 0.6) is 0 Å². The highest BCUT2D eigenvalue weighted by Crippen LogP contribution is 2.41. The Labute approximate surface area is 163 Å². The van der Waals surface area contributed by atoms with Crippen LogP contribution < -0.4 is 0 Å². The van der Waals surface area contributed by atoms with E-state index in [0.717, 1.165) is 23.7 Å². The topological polar surface area (TPSA) is 0 Å². The van der Waals surface area contributed by atoms with Crippen LogP contribution in [0.1, 0.15) is 95.5 Å². The number of hydrogen-bond acceptors (Lipinski definition) is 0. The third kappa shape index (κ3) is 5.22. The molecule has 0 spiro atoms. The minimum absolute atomic E-state index is 0.832. The maximum Gasteiger partial charge on any atom is 0.0165 e. The first-order valence-electron chi connectivity index (χ1n) is 10.5. The molecule has 0 amide bonds. The lowest BCUT2D eigenvalue weighted by Crippen LogP contribution is -2.18. The van der Waals surface area contributed by atoms with Crippen molar-refractivity contribution >= 4 is 22.6 Å². The Morgan fingerprint density at radius 1 is 0.750 bits per heavy atom. The molecule has 1 aromatic rings. The zero-order valence-corrected chi connectivity index (χ0v) is 17.6. The fourth-order valence-electron chi connectivity index (χ4n) is 5.26. The van der Waals surface area contributed by atoms with Gasteiger partial charge >= 0.3 is 0 Å². The van der Waals surface area contributed by atoms with Gasteiger partial charge in [0.05, 0.1) is 0 Å². The van der Waals surface area contributed by atoms with Gasteiger partial charge in [0.15, 0.2) is 0 Å². The van der Waals surface area contributed by atoms with Gasteiger partial charge < -0.3 is 0 Å². The highest BCUT2D eigenvalue weighted by Gasteiger charge is 2.25. The molecule has 3 rings (SSSR count). The first kappa shape index (κ1) is 18.7. The third-order valence-corrected chi connectivity index (χ3v) is 7.82. The summed E-state index contributed by atoms with van der Waals surface area (Å²) in [5, 5.41) is 0. The molecule has 24 heavy (non-hydrogen) atoms. The minimum Gasteiger partial charge on any atom is -0.0654 e. The van der Waals surface area contributed by atoms with E-state index in [-0.39, 0.29) is 0 Å². The quantitative estimate of drug-likeness (QED) is 0.395. The van der Waals surface area contributed by atoms with Gasteiger partial charge in [-0.1, -0.05) is 76.5 Å². The molecule has 0 unspecified atom stereocenters. The number of halogens is 1. The van der Waals surface area contributed by atoms with Crippen molar-refractivity contribution in [3.05, 3.63) is 33.4 Å². The fraction of sp³-hybridized carbons (Fsp3) is 0.739. The van der Waals surface area contributed by atoms with Gasteiger partial charge in [-0.2, -0.15) is 0 Å². The highest BCUT2D eigenvalue weighted by atomic mass is 127. The maximum atomic E-state index is 2.52. The molecule has 2 saturated carbocycles. The lowest BCUT2D eigenvalue weighted by atomic mass is 9.74. The number of rotatable bonds is 6. The molecule has 1 aromatic carbocycles. The van der Waals surface area contributed by atoms with Crippen molar-refractivity contribution in [2.75, 3.05) is 0 Å². The molecule has 0 atom stereocenters. The van der Waals surface area contributed by atoms with Crippen LogP contribution in [0.15, 0.2) is 24.3 Å². The predicted octanol–water partition coefficient (Wildman–Crippen LogP) is 7.95. The minimum atomic E-state index is 0.832. The molecule has 134 valence electrons. The molecule has 2 fully saturated rings. The summed E-state index contributed by atoms with van der Waals surface area (Å²) in [6, 6.07) is 9.03. The zero-order chi connectivity index (χ0) is 16.8. The lowest BCUT2D eigenvalue weighted by molar-refractivity contribution is 0.224. The van der Waals surface area contributed by atoms with Crippen LogP contribution in [-0.4, -0.2) is 0 Å². The van der Waals surface area contributed by atoms with E-state index >= 15 is 0 Å². The predicted molar refractivity (Wildman–Crippen MR) is 113 cm³/mol. The summed E-state index contributed by atoms with van der Waals surface area (Å²) < 4.78 is 1.47. The molecular weight excluding hydrogens is 403 g/mol. The van der Waals surface area contributed by atoms with Crippen molar-refractivity contribution in [3.63, 3.8) is 0 Å². The van der Waals surface area contributed by atoms with Crippen molar-refractivity contribution in [1.82, 2.24) is 0 Å². The summed E-state index contributed by atoms with van der Waals surface area (Å²) in [5.74, 6) is 3.98. The van der Waals surface area contributed by atoms with E-state index in [2.05, 4.69) is 53.8 Å². The lowest BCUT2D eigenvalue weighted by Gasteiger charge is -2.32. The molecule has 1 heteroatoms. The van der Waals surface area contributed by atoms with Gasteiger partial charge in [0.2, 0.25) is 0 Å². The standard InChI is InChI=1S/C23H35I/c1-2-5-18-8-10-19(11-9-18)12-13-20-14-16-21(17-15-20)22-6-3-4-7-23(22)24/h3-4,6-7,18-21H,2,5,8-17H2,1H3. The first-order valence-corrected chi connectivity index (χ1v) is 11.6. The van der Waals surface area contributed by atoms with Crippen LogP contribution in [0, 0.1) is 21.3 Å². The monoisotopic (exact) mass is 438 g/mol. The fourth-order valence-corrected chi connectivity index (χ4v) is 6.08. The SMILES string of the molecule is CCCC1CCC(CCC2CCC(c3ccccc3I)CC2)CC1. The Balaban J connectivity index is 1.37. The summed E-state index contributed by atoms with van der Waals surface area (Å²) in [7, 11) is 0. The molecule has 0 bridgehead atoms. The second-order valence-corrected chi connectivity index (χ2v) is 9.65. The molecule has 2 aliphatic rings. The van der Waals surface area contributed by atoms with Crippen LogP contribution in [0.4, 0.5) is 0 Å². The van der Waals surface area contributed by atoms with Crippen molar-refractivity contribution < 1.29 is 0 Å². The molecule has 2 aliphatic carbocycles.